The zero-order chi connectivity index (χ0) is 14.4. The van der Waals surface area contributed by atoms with Gasteiger partial charge < -0.3 is 0 Å². The van der Waals surface area contributed by atoms with Crippen molar-refractivity contribution in [2.45, 2.75) is 39.2 Å². The zero-order valence-corrected chi connectivity index (χ0v) is 12.4. The van der Waals surface area contributed by atoms with Gasteiger partial charge in [0.1, 0.15) is 0 Å². The minimum atomic E-state index is 0.315. The van der Waals surface area contributed by atoms with Gasteiger partial charge in [-0.1, -0.05) is 54.1 Å². The van der Waals surface area contributed by atoms with Crippen LogP contribution in [0.4, 0.5) is 0 Å². The van der Waals surface area contributed by atoms with Crippen molar-refractivity contribution >= 4 is 0 Å². The van der Waals surface area contributed by atoms with E-state index in [2.05, 4.69) is 67.8 Å². The highest BCUT2D eigenvalue weighted by Gasteiger charge is 2.10. The first-order valence-corrected chi connectivity index (χ1v) is 7.25. The lowest BCUT2D eigenvalue weighted by Gasteiger charge is -2.17. The largest absolute Gasteiger partial charge is 0.271 e. The van der Waals surface area contributed by atoms with E-state index in [0.717, 1.165) is 19.3 Å². The van der Waals surface area contributed by atoms with Crippen molar-refractivity contribution in [3.63, 3.8) is 0 Å². The van der Waals surface area contributed by atoms with Crippen LogP contribution in [0.25, 0.3) is 0 Å². The minimum Gasteiger partial charge on any atom is -0.271 e. The standard InChI is InChI=1S/C18H24N2/c1-14-8-9-15(2)17(12-14)13-18(20-19)11-10-16-6-4-3-5-7-16/h3-9,12,18,20H,10-11,13,19H2,1-2H3. The summed E-state index contributed by atoms with van der Waals surface area (Å²) in [7, 11) is 0. The Morgan fingerprint density at radius 1 is 1.05 bits per heavy atom. The van der Waals surface area contributed by atoms with Crippen LogP contribution in [0.1, 0.15) is 28.7 Å². The SMILES string of the molecule is Cc1ccc(C)c(CC(CCc2ccccc2)NN)c1. The second-order valence-electron chi connectivity index (χ2n) is 5.52. The predicted molar refractivity (Wildman–Crippen MR) is 85.5 cm³/mol. The van der Waals surface area contributed by atoms with E-state index in [9.17, 15) is 0 Å². The van der Waals surface area contributed by atoms with Crippen molar-refractivity contribution in [2.75, 3.05) is 0 Å². The van der Waals surface area contributed by atoms with Gasteiger partial charge in [-0.15, -0.1) is 0 Å². The third-order valence-corrected chi connectivity index (χ3v) is 3.83. The predicted octanol–water partition coefficient (Wildman–Crippen LogP) is 3.31. The first kappa shape index (κ1) is 14.8. The molecule has 0 aliphatic rings. The Balaban J connectivity index is 1.97. The maximum absolute atomic E-state index is 5.72. The van der Waals surface area contributed by atoms with Crippen LogP contribution in [0.2, 0.25) is 0 Å². The molecule has 106 valence electrons. The second kappa shape index (κ2) is 7.22. The summed E-state index contributed by atoms with van der Waals surface area (Å²) in [5.74, 6) is 5.72. The minimum absolute atomic E-state index is 0.315. The quantitative estimate of drug-likeness (QED) is 0.623. The van der Waals surface area contributed by atoms with Crippen LogP contribution in [0, 0.1) is 13.8 Å². The summed E-state index contributed by atoms with van der Waals surface area (Å²) in [6.07, 6.45) is 3.09. The fraction of sp³-hybridized carbons (Fsp3) is 0.333. The lowest BCUT2D eigenvalue weighted by molar-refractivity contribution is 0.490. The van der Waals surface area contributed by atoms with Crippen LogP contribution >= 0.6 is 0 Å². The number of aryl methyl sites for hydroxylation is 3. The van der Waals surface area contributed by atoms with Crippen molar-refractivity contribution in [3.05, 3.63) is 70.8 Å². The third-order valence-electron chi connectivity index (χ3n) is 3.83. The Bertz CT molecular complexity index is 534. The molecule has 2 aromatic rings. The molecule has 0 amide bonds. The lowest BCUT2D eigenvalue weighted by Crippen LogP contribution is -2.37. The van der Waals surface area contributed by atoms with Gasteiger partial charge in [-0.2, -0.15) is 0 Å². The highest BCUT2D eigenvalue weighted by Crippen LogP contribution is 2.15. The molecule has 0 heterocycles. The van der Waals surface area contributed by atoms with Gasteiger partial charge in [0.15, 0.2) is 0 Å². The molecule has 0 fully saturated rings. The number of nitrogens with one attached hydrogen (secondary N) is 1. The second-order valence-corrected chi connectivity index (χ2v) is 5.52. The van der Waals surface area contributed by atoms with Gasteiger partial charge in [0.25, 0.3) is 0 Å². The van der Waals surface area contributed by atoms with Crippen molar-refractivity contribution in [2.24, 2.45) is 5.84 Å². The average molecular weight is 268 g/mol. The highest BCUT2D eigenvalue weighted by molar-refractivity contribution is 5.31. The number of hydrazine groups is 1. The van der Waals surface area contributed by atoms with Crippen LogP contribution in [0.15, 0.2) is 48.5 Å². The van der Waals surface area contributed by atoms with E-state index in [4.69, 9.17) is 5.84 Å². The number of rotatable bonds is 6. The summed E-state index contributed by atoms with van der Waals surface area (Å²) in [6, 6.07) is 17.5. The van der Waals surface area contributed by atoms with Crippen LogP contribution in [0.3, 0.4) is 0 Å². The smallest absolute Gasteiger partial charge is 0.0254 e. The molecule has 1 atom stereocenters. The van der Waals surface area contributed by atoms with Crippen LogP contribution in [-0.4, -0.2) is 6.04 Å². The van der Waals surface area contributed by atoms with Gasteiger partial charge in [0.05, 0.1) is 0 Å². The normalized spacial score (nSPS) is 12.3. The fourth-order valence-electron chi connectivity index (χ4n) is 2.52. The summed E-state index contributed by atoms with van der Waals surface area (Å²) >= 11 is 0. The Morgan fingerprint density at radius 3 is 2.50 bits per heavy atom. The summed E-state index contributed by atoms with van der Waals surface area (Å²) in [5, 5.41) is 0. The first-order valence-electron chi connectivity index (χ1n) is 7.25. The van der Waals surface area contributed by atoms with Gasteiger partial charge in [0, 0.05) is 6.04 Å². The van der Waals surface area contributed by atoms with Gasteiger partial charge >= 0.3 is 0 Å². The van der Waals surface area contributed by atoms with E-state index < -0.39 is 0 Å². The Labute approximate surface area is 122 Å². The molecule has 3 N–H and O–H groups in total. The van der Waals surface area contributed by atoms with E-state index >= 15 is 0 Å². The van der Waals surface area contributed by atoms with Crippen molar-refractivity contribution < 1.29 is 0 Å². The Kier molecular flexibility index (Phi) is 5.33. The molecule has 20 heavy (non-hydrogen) atoms. The maximum Gasteiger partial charge on any atom is 0.0254 e. The third kappa shape index (κ3) is 4.19. The molecule has 0 aliphatic heterocycles. The molecule has 0 aromatic heterocycles. The molecule has 0 saturated carbocycles. The van der Waals surface area contributed by atoms with Crippen LogP contribution < -0.4 is 11.3 Å². The van der Waals surface area contributed by atoms with E-state index in [-0.39, 0.29) is 0 Å². The molecule has 0 bridgehead atoms. The number of nitrogens with two attached hydrogens (primary N) is 1. The zero-order valence-electron chi connectivity index (χ0n) is 12.4. The molecule has 0 radical (unpaired) electrons. The van der Waals surface area contributed by atoms with E-state index in [0.29, 0.717) is 6.04 Å². The number of benzene rings is 2. The molecule has 0 aliphatic carbocycles. The highest BCUT2D eigenvalue weighted by atomic mass is 15.2. The summed E-state index contributed by atoms with van der Waals surface area (Å²) in [4.78, 5) is 0. The van der Waals surface area contributed by atoms with E-state index in [1.54, 1.807) is 0 Å². The molecule has 0 saturated heterocycles. The number of hydrogen-bond acceptors (Lipinski definition) is 2. The average Bonchev–Trinajstić information content (AvgIpc) is 2.48. The lowest BCUT2D eigenvalue weighted by atomic mass is 9.96. The molecular weight excluding hydrogens is 244 g/mol. The Hall–Kier alpha value is -1.64. The molecular formula is C18H24N2. The maximum atomic E-state index is 5.72. The van der Waals surface area contributed by atoms with Gasteiger partial charge in [-0.25, -0.2) is 0 Å². The summed E-state index contributed by atoms with van der Waals surface area (Å²) < 4.78 is 0. The van der Waals surface area contributed by atoms with Crippen molar-refractivity contribution in [1.29, 1.82) is 0 Å². The molecule has 0 spiro atoms. The van der Waals surface area contributed by atoms with Gasteiger partial charge in [-0.3, -0.25) is 11.3 Å². The molecule has 2 heteroatoms. The van der Waals surface area contributed by atoms with E-state index in [1.807, 2.05) is 0 Å². The Morgan fingerprint density at radius 2 is 1.80 bits per heavy atom. The molecule has 2 aromatic carbocycles. The van der Waals surface area contributed by atoms with Crippen molar-refractivity contribution in [3.8, 4) is 0 Å². The van der Waals surface area contributed by atoms with Crippen molar-refractivity contribution in [1.82, 2.24) is 5.43 Å². The van der Waals surface area contributed by atoms with Crippen LogP contribution in [-0.2, 0) is 12.8 Å². The molecule has 1 unspecified atom stereocenters. The summed E-state index contributed by atoms with van der Waals surface area (Å²) in [5.41, 5.74) is 8.38. The fourth-order valence-corrected chi connectivity index (χ4v) is 2.52. The van der Waals surface area contributed by atoms with Crippen LogP contribution in [0.5, 0.6) is 0 Å². The molecule has 2 nitrogen and oxygen atoms in total. The van der Waals surface area contributed by atoms with Gasteiger partial charge in [-0.05, 0) is 49.8 Å². The van der Waals surface area contributed by atoms with Gasteiger partial charge in [0.2, 0.25) is 0 Å². The van der Waals surface area contributed by atoms with E-state index in [1.165, 1.54) is 22.3 Å². The topological polar surface area (TPSA) is 38.0 Å². The number of hydrogen-bond donors (Lipinski definition) is 2. The first-order chi connectivity index (χ1) is 9.69. The molecule has 2 rings (SSSR count). The monoisotopic (exact) mass is 268 g/mol. The summed E-state index contributed by atoms with van der Waals surface area (Å²) in [6.45, 7) is 4.30.